The van der Waals surface area contributed by atoms with E-state index in [0.29, 0.717) is 11.3 Å². The van der Waals surface area contributed by atoms with Gasteiger partial charge >= 0.3 is 0 Å². The van der Waals surface area contributed by atoms with Gasteiger partial charge in [0.2, 0.25) is 5.78 Å². The largest absolute Gasteiger partial charge is 0.353 e. The third-order valence-electron chi connectivity index (χ3n) is 6.12. The maximum Gasteiger partial charge on any atom is 0.214 e. The molecular formula is C30H20N2O. The number of fused-ring (bicyclic) bond motifs is 3. The van der Waals surface area contributed by atoms with Gasteiger partial charge in [-0.2, -0.15) is 0 Å². The van der Waals surface area contributed by atoms with Crippen LogP contribution >= 0.6 is 0 Å². The highest BCUT2D eigenvalue weighted by molar-refractivity contribution is 6.20. The molecule has 3 nitrogen and oxygen atoms in total. The van der Waals surface area contributed by atoms with Gasteiger partial charge in [0.1, 0.15) is 5.69 Å². The molecule has 1 N–H and O–H groups in total. The number of pyridine rings is 1. The molecule has 156 valence electrons. The summed E-state index contributed by atoms with van der Waals surface area (Å²) < 4.78 is 0. The monoisotopic (exact) mass is 424 g/mol. The van der Waals surface area contributed by atoms with E-state index in [2.05, 4.69) is 52.4 Å². The molecule has 0 unspecified atom stereocenters. The van der Waals surface area contributed by atoms with Crippen LogP contribution in [0.3, 0.4) is 0 Å². The molecule has 0 radical (unpaired) electrons. The molecule has 6 aromatic rings. The Morgan fingerprint density at radius 2 is 1.27 bits per heavy atom. The normalized spacial score (nSPS) is 11.2. The van der Waals surface area contributed by atoms with Crippen LogP contribution < -0.4 is 0 Å². The van der Waals surface area contributed by atoms with Crippen LogP contribution in [0.25, 0.3) is 44.1 Å². The Kier molecular flexibility index (Phi) is 4.59. The summed E-state index contributed by atoms with van der Waals surface area (Å²) in [4.78, 5) is 21.6. The van der Waals surface area contributed by atoms with Gasteiger partial charge in [0.15, 0.2) is 0 Å². The van der Waals surface area contributed by atoms with Gasteiger partial charge in [0, 0.05) is 28.0 Å². The first-order chi connectivity index (χ1) is 16.3. The SMILES string of the molecule is O=C(c1ccccc1-c1ccc(-c2ccccc2)cc1)c1nccc2c1[nH]c1ccccc12. The van der Waals surface area contributed by atoms with Gasteiger partial charge in [-0.1, -0.05) is 97.1 Å². The number of nitrogens with zero attached hydrogens (tertiary/aromatic N) is 1. The second-order valence-electron chi connectivity index (χ2n) is 8.07. The van der Waals surface area contributed by atoms with Crippen molar-refractivity contribution in [1.82, 2.24) is 9.97 Å². The van der Waals surface area contributed by atoms with Gasteiger partial charge in [-0.3, -0.25) is 9.78 Å². The lowest BCUT2D eigenvalue weighted by atomic mass is 9.94. The molecule has 0 atom stereocenters. The van der Waals surface area contributed by atoms with Crippen molar-refractivity contribution in [2.45, 2.75) is 0 Å². The Labute approximate surface area is 191 Å². The molecule has 0 aliphatic rings. The minimum atomic E-state index is -0.0881. The lowest BCUT2D eigenvalue weighted by Crippen LogP contribution is -2.06. The number of para-hydroxylation sites is 1. The number of hydrogen-bond donors (Lipinski definition) is 1. The molecule has 0 spiro atoms. The minimum absolute atomic E-state index is 0.0881. The number of aromatic nitrogens is 2. The first-order valence-electron chi connectivity index (χ1n) is 10.9. The number of rotatable bonds is 4. The Balaban J connectivity index is 1.44. The van der Waals surface area contributed by atoms with Crippen LogP contribution in [0.5, 0.6) is 0 Å². The molecule has 6 rings (SSSR count). The molecular weight excluding hydrogens is 404 g/mol. The lowest BCUT2D eigenvalue weighted by Gasteiger charge is -2.10. The summed E-state index contributed by atoms with van der Waals surface area (Å²) in [6.07, 6.45) is 1.72. The standard InChI is InChI=1S/C30H20N2O/c33-30(29-28-25(18-19-31-29)24-11-6-7-13-27(24)32-28)26-12-5-4-10-23(26)22-16-14-21(15-17-22)20-8-2-1-3-9-20/h1-19,32H. The van der Waals surface area contributed by atoms with Crippen LogP contribution in [-0.4, -0.2) is 15.8 Å². The van der Waals surface area contributed by atoms with E-state index < -0.39 is 0 Å². The molecule has 2 aromatic heterocycles. The Bertz CT molecular complexity index is 1610. The third kappa shape index (κ3) is 3.31. The van der Waals surface area contributed by atoms with E-state index >= 15 is 0 Å². The molecule has 0 bridgehead atoms. The average molecular weight is 425 g/mol. The number of ketones is 1. The summed E-state index contributed by atoms with van der Waals surface area (Å²) in [5.74, 6) is -0.0881. The fourth-order valence-electron chi connectivity index (χ4n) is 4.48. The summed E-state index contributed by atoms with van der Waals surface area (Å²) in [5, 5.41) is 2.10. The molecule has 0 saturated carbocycles. The van der Waals surface area contributed by atoms with E-state index in [1.165, 1.54) is 5.56 Å². The summed E-state index contributed by atoms with van der Waals surface area (Å²) >= 11 is 0. The number of hydrogen-bond acceptors (Lipinski definition) is 2. The zero-order chi connectivity index (χ0) is 22.2. The fraction of sp³-hybridized carbons (Fsp3) is 0. The third-order valence-corrected chi connectivity index (χ3v) is 6.12. The van der Waals surface area contributed by atoms with Crippen molar-refractivity contribution in [3.63, 3.8) is 0 Å². The maximum atomic E-state index is 13.7. The number of carbonyl (C=O) groups is 1. The van der Waals surface area contributed by atoms with Crippen LogP contribution in [0.4, 0.5) is 0 Å². The van der Waals surface area contributed by atoms with Gasteiger partial charge in [-0.05, 0) is 34.4 Å². The first-order valence-corrected chi connectivity index (χ1v) is 10.9. The zero-order valence-corrected chi connectivity index (χ0v) is 17.8. The highest BCUT2D eigenvalue weighted by atomic mass is 16.1. The van der Waals surface area contributed by atoms with E-state index in [0.717, 1.165) is 38.5 Å². The van der Waals surface area contributed by atoms with Crippen LogP contribution in [0, 0.1) is 0 Å². The summed E-state index contributed by atoms with van der Waals surface area (Å²) in [7, 11) is 0. The molecule has 4 aromatic carbocycles. The van der Waals surface area contributed by atoms with Crippen molar-refractivity contribution in [2.24, 2.45) is 0 Å². The van der Waals surface area contributed by atoms with Crippen molar-refractivity contribution in [2.75, 3.05) is 0 Å². The molecule has 2 heterocycles. The molecule has 0 amide bonds. The number of aromatic amines is 1. The molecule has 0 saturated heterocycles. The summed E-state index contributed by atoms with van der Waals surface area (Å²) in [6.45, 7) is 0. The minimum Gasteiger partial charge on any atom is -0.353 e. The predicted molar refractivity (Wildman–Crippen MR) is 134 cm³/mol. The van der Waals surface area contributed by atoms with Crippen molar-refractivity contribution in [1.29, 1.82) is 0 Å². The number of nitrogens with one attached hydrogen (secondary N) is 1. The molecule has 33 heavy (non-hydrogen) atoms. The number of carbonyl (C=O) groups excluding carboxylic acids is 1. The first kappa shape index (κ1) is 19.2. The molecule has 3 heteroatoms. The highest BCUT2D eigenvalue weighted by Gasteiger charge is 2.20. The topological polar surface area (TPSA) is 45.8 Å². The Morgan fingerprint density at radius 3 is 2.12 bits per heavy atom. The summed E-state index contributed by atoms with van der Waals surface area (Å²) in [6, 6.07) is 36.4. The van der Waals surface area contributed by atoms with Crippen LogP contribution in [0.1, 0.15) is 16.1 Å². The van der Waals surface area contributed by atoms with E-state index in [1.54, 1.807) is 6.20 Å². The average Bonchev–Trinajstić information content (AvgIpc) is 3.28. The van der Waals surface area contributed by atoms with Crippen molar-refractivity contribution in [3.8, 4) is 22.3 Å². The van der Waals surface area contributed by atoms with E-state index in [-0.39, 0.29) is 5.78 Å². The van der Waals surface area contributed by atoms with Crippen molar-refractivity contribution >= 4 is 27.6 Å². The van der Waals surface area contributed by atoms with Gasteiger partial charge in [-0.25, -0.2) is 0 Å². The number of H-pyrrole nitrogens is 1. The van der Waals surface area contributed by atoms with Crippen molar-refractivity contribution in [3.05, 3.63) is 127 Å². The van der Waals surface area contributed by atoms with E-state index in [4.69, 9.17) is 0 Å². The maximum absolute atomic E-state index is 13.7. The van der Waals surface area contributed by atoms with Crippen LogP contribution in [0.2, 0.25) is 0 Å². The van der Waals surface area contributed by atoms with Gasteiger partial charge in [-0.15, -0.1) is 0 Å². The van der Waals surface area contributed by atoms with Gasteiger partial charge in [0.05, 0.1) is 5.52 Å². The Hall–Kier alpha value is -4.50. The second kappa shape index (κ2) is 7.88. The van der Waals surface area contributed by atoms with E-state index in [9.17, 15) is 4.79 Å². The van der Waals surface area contributed by atoms with Crippen molar-refractivity contribution < 1.29 is 4.79 Å². The molecule has 0 aliphatic heterocycles. The summed E-state index contributed by atoms with van der Waals surface area (Å²) in [5.41, 5.74) is 7.08. The quantitative estimate of drug-likeness (QED) is 0.302. The highest BCUT2D eigenvalue weighted by Crippen LogP contribution is 2.31. The van der Waals surface area contributed by atoms with Crippen LogP contribution in [0.15, 0.2) is 115 Å². The predicted octanol–water partition coefficient (Wildman–Crippen LogP) is 7.28. The zero-order valence-electron chi connectivity index (χ0n) is 17.8. The van der Waals surface area contributed by atoms with Gasteiger partial charge < -0.3 is 4.98 Å². The van der Waals surface area contributed by atoms with E-state index in [1.807, 2.05) is 66.7 Å². The molecule has 0 fully saturated rings. The van der Waals surface area contributed by atoms with Crippen LogP contribution in [-0.2, 0) is 0 Å². The lowest BCUT2D eigenvalue weighted by molar-refractivity contribution is 0.103. The van der Waals surface area contributed by atoms with Gasteiger partial charge in [0.25, 0.3) is 0 Å². The smallest absolute Gasteiger partial charge is 0.214 e. The fourth-order valence-corrected chi connectivity index (χ4v) is 4.48. The number of benzene rings is 4. The molecule has 0 aliphatic carbocycles. The second-order valence-corrected chi connectivity index (χ2v) is 8.07. The Morgan fingerprint density at radius 1 is 0.606 bits per heavy atom.